The van der Waals surface area contributed by atoms with Crippen LogP contribution in [0, 0.1) is 0 Å². The Morgan fingerprint density at radius 3 is 1.71 bits per heavy atom. The minimum Gasteiger partial charge on any atom is -0.394 e. The summed E-state index contributed by atoms with van der Waals surface area (Å²) in [6, 6.07) is -0.552. The lowest BCUT2D eigenvalue weighted by Crippen LogP contribution is -2.45. The molecule has 0 heterocycles. The molecule has 0 aliphatic heterocycles. The van der Waals surface area contributed by atoms with Crippen LogP contribution in [0.3, 0.4) is 0 Å². The number of aliphatic hydroxyl groups excluding tert-OH is 2. The monoisotopic (exact) mass is 529 g/mol. The number of allylic oxidation sites excluding steroid dienone is 10. The number of unbranched alkanes of at least 4 members (excludes halogenated alkanes) is 9. The van der Waals surface area contributed by atoms with Crippen molar-refractivity contribution in [3.05, 3.63) is 60.8 Å². The van der Waals surface area contributed by atoms with Crippen LogP contribution in [-0.2, 0) is 4.79 Å². The molecule has 0 saturated heterocycles. The Kier molecular flexibility index (Phi) is 28.2. The Labute approximate surface area is 235 Å². The average molecular weight is 530 g/mol. The minimum atomic E-state index is -0.671. The van der Waals surface area contributed by atoms with Gasteiger partial charge in [-0.3, -0.25) is 4.79 Å². The molecule has 4 nitrogen and oxygen atoms in total. The molecule has 0 aliphatic rings. The average Bonchev–Trinajstić information content (AvgIpc) is 2.92. The van der Waals surface area contributed by atoms with E-state index in [2.05, 4.69) is 79.9 Å². The third-order valence-corrected chi connectivity index (χ3v) is 6.54. The first kappa shape index (κ1) is 36.1. The quantitative estimate of drug-likeness (QED) is 0.0775. The van der Waals surface area contributed by atoms with Crippen molar-refractivity contribution in [3.63, 3.8) is 0 Å². The van der Waals surface area contributed by atoms with E-state index in [0.29, 0.717) is 12.8 Å². The zero-order chi connectivity index (χ0) is 27.9. The van der Waals surface area contributed by atoms with Crippen LogP contribution in [0.25, 0.3) is 0 Å². The smallest absolute Gasteiger partial charge is 0.220 e. The summed E-state index contributed by atoms with van der Waals surface area (Å²) in [7, 11) is 0. The number of carbonyl (C=O) groups is 1. The second kappa shape index (κ2) is 29.6. The fourth-order valence-corrected chi connectivity index (χ4v) is 4.15. The first-order valence-corrected chi connectivity index (χ1v) is 15.5. The maximum atomic E-state index is 12.2. The lowest BCUT2D eigenvalue weighted by atomic mass is 10.0. The molecule has 4 heteroatoms. The molecule has 1 amide bonds. The molecule has 0 radical (unpaired) electrons. The molecule has 0 aromatic carbocycles. The molecule has 0 saturated carbocycles. The molecule has 0 aromatic rings. The lowest BCUT2D eigenvalue weighted by Gasteiger charge is -2.22. The van der Waals surface area contributed by atoms with Crippen molar-refractivity contribution in [1.29, 1.82) is 0 Å². The molecule has 3 N–H and O–H groups in total. The van der Waals surface area contributed by atoms with Crippen LogP contribution < -0.4 is 5.32 Å². The summed E-state index contributed by atoms with van der Waals surface area (Å²) in [5, 5.41) is 22.7. The first-order chi connectivity index (χ1) is 18.7. The van der Waals surface area contributed by atoms with E-state index in [-0.39, 0.29) is 12.5 Å². The molecule has 0 bridgehead atoms. The highest BCUT2D eigenvalue weighted by Crippen LogP contribution is 2.12. The Morgan fingerprint density at radius 1 is 0.658 bits per heavy atom. The highest BCUT2D eigenvalue weighted by molar-refractivity contribution is 5.76. The summed E-state index contributed by atoms with van der Waals surface area (Å²) in [5.41, 5.74) is 0. The van der Waals surface area contributed by atoms with Gasteiger partial charge in [0.25, 0.3) is 0 Å². The summed E-state index contributed by atoms with van der Waals surface area (Å²) >= 11 is 0. The summed E-state index contributed by atoms with van der Waals surface area (Å²) in [6.07, 6.45) is 39.8. The van der Waals surface area contributed by atoms with E-state index in [4.69, 9.17) is 0 Å². The van der Waals surface area contributed by atoms with Crippen molar-refractivity contribution >= 4 is 5.91 Å². The molecular weight excluding hydrogens is 470 g/mol. The van der Waals surface area contributed by atoms with E-state index in [0.717, 1.165) is 70.6 Å². The predicted octanol–water partition coefficient (Wildman–Crippen LogP) is 8.67. The van der Waals surface area contributed by atoms with Crippen LogP contribution in [0.1, 0.15) is 129 Å². The fraction of sp³-hybridized carbons (Fsp3) is 0.676. The van der Waals surface area contributed by atoms with Gasteiger partial charge in [0.15, 0.2) is 0 Å². The third kappa shape index (κ3) is 25.7. The number of aliphatic hydroxyl groups is 2. The fourth-order valence-electron chi connectivity index (χ4n) is 4.15. The van der Waals surface area contributed by atoms with E-state index >= 15 is 0 Å². The van der Waals surface area contributed by atoms with Crippen LogP contribution in [0.15, 0.2) is 60.8 Å². The summed E-state index contributed by atoms with van der Waals surface area (Å²) in [4.78, 5) is 12.2. The highest BCUT2D eigenvalue weighted by Gasteiger charge is 2.19. The molecule has 218 valence electrons. The number of hydrogen-bond acceptors (Lipinski definition) is 3. The van der Waals surface area contributed by atoms with Gasteiger partial charge in [-0.05, 0) is 57.8 Å². The Morgan fingerprint density at radius 2 is 1.16 bits per heavy atom. The molecule has 0 rings (SSSR count). The van der Waals surface area contributed by atoms with Crippen molar-refractivity contribution < 1.29 is 15.0 Å². The Bertz CT molecular complexity index is 663. The number of amides is 1. The van der Waals surface area contributed by atoms with Gasteiger partial charge in [-0.15, -0.1) is 0 Å². The number of carbonyl (C=O) groups excluding carboxylic acids is 1. The van der Waals surface area contributed by atoms with E-state index in [1.165, 1.54) is 32.1 Å². The zero-order valence-corrected chi connectivity index (χ0v) is 24.7. The predicted molar refractivity (Wildman–Crippen MR) is 165 cm³/mol. The van der Waals surface area contributed by atoms with E-state index in [1.54, 1.807) is 0 Å². The molecule has 0 spiro atoms. The van der Waals surface area contributed by atoms with Gasteiger partial charge in [0.1, 0.15) is 0 Å². The number of rotatable bonds is 26. The number of nitrogens with one attached hydrogen (secondary N) is 1. The first-order valence-electron chi connectivity index (χ1n) is 15.5. The highest BCUT2D eigenvalue weighted by atomic mass is 16.3. The third-order valence-electron chi connectivity index (χ3n) is 6.54. The van der Waals surface area contributed by atoms with Crippen LogP contribution in [0.5, 0.6) is 0 Å². The van der Waals surface area contributed by atoms with Crippen molar-refractivity contribution in [2.75, 3.05) is 6.61 Å². The molecular formula is C34H59NO3. The lowest BCUT2D eigenvalue weighted by molar-refractivity contribution is -0.123. The maximum Gasteiger partial charge on any atom is 0.220 e. The van der Waals surface area contributed by atoms with Crippen molar-refractivity contribution in [3.8, 4) is 0 Å². The van der Waals surface area contributed by atoms with Crippen LogP contribution in [0.4, 0.5) is 0 Å². The van der Waals surface area contributed by atoms with Crippen LogP contribution in [0.2, 0.25) is 0 Å². The largest absolute Gasteiger partial charge is 0.394 e. The molecule has 38 heavy (non-hydrogen) atoms. The molecule has 0 aromatic heterocycles. The Hall–Kier alpha value is -1.91. The van der Waals surface area contributed by atoms with E-state index < -0.39 is 12.1 Å². The van der Waals surface area contributed by atoms with Gasteiger partial charge in [-0.2, -0.15) is 0 Å². The van der Waals surface area contributed by atoms with Crippen molar-refractivity contribution in [2.24, 2.45) is 0 Å². The van der Waals surface area contributed by atoms with Gasteiger partial charge in [0.2, 0.25) is 5.91 Å². The maximum absolute atomic E-state index is 12.2. The number of hydrogen-bond donors (Lipinski definition) is 3. The molecule has 2 atom stereocenters. The van der Waals surface area contributed by atoms with Gasteiger partial charge in [0.05, 0.1) is 18.8 Å². The summed E-state index contributed by atoms with van der Waals surface area (Å²) < 4.78 is 0. The second-order valence-corrected chi connectivity index (χ2v) is 10.1. The molecule has 0 fully saturated rings. The minimum absolute atomic E-state index is 0.0717. The van der Waals surface area contributed by atoms with Gasteiger partial charge >= 0.3 is 0 Å². The van der Waals surface area contributed by atoms with Gasteiger partial charge in [-0.25, -0.2) is 0 Å². The van der Waals surface area contributed by atoms with Crippen molar-refractivity contribution in [2.45, 2.75) is 142 Å². The SMILES string of the molecule is CC/C=C\C/C=C\C/C=C\C/C=C\C/C=C\CCCCCC(=O)NC(CO)C(O)CCCCCCCCC. The van der Waals surface area contributed by atoms with Gasteiger partial charge in [0, 0.05) is 6.42 Å². The van der Waals surface area contributed by atoms with Crippen LogP contribution >= 0.6 is 0 Å². The van der Waals surface area contributed by atoms with E-state index in [1.807, 2.05) is 0 Å². The van der Waals surface area contributed by atoms with Crippen LogP contribution in [-0.4, -0.2) is 34.9 Å². The Balaban J connectivity index is 3.72. The van der Waals surface area contributed by atoms with Gasteiger partial charge < -0.3 is 15.5 Å². The second-order valence-electron chi connectivity index (χ2n) is 10.1. The molecule has 2 unspecified atom stereocenters. The van der Waals surface area contributed by atoms with E-state index in [9.17, 15) is 15.0 Å². The summed E-state index contributed by atoms with van der Waals surface area (Å²) in [5.74, 6) is -0.0717. The normalized spacial score (nSPS) is 14.1. The van der Waals surface area contributed by atoms with Crippen molar-refractivity contribution in [1.82, 2.24) is 5.32 Å². The van der Waals surface area contributed by atoms with Gasteiger partial charge in [-0.1, -0.05) is 126 Å². The standard InChI is InChI=1S/C34H59NO3/c1-3-5-7-9-11-12-13-14-15-16-17-18-19-20-21-22-24-26-28-30-34(38)35-32(31-36)33(37)29-27-25-23-10-8-6-4-2/h5,7,11-12,14-15,17-18,20-21,32-33,36-37H,3-4,6,8-10,13,16,19,22-31H2,1-2H3,(H,35,38)/b7-5-,12-11-,15-14-,18-17-,21-20-. The summed E-state index contributed by atoms with van der Waals surface area (Å²) in [6.45, 7) is 4.15. The topological polar surface area (TPSA) is 69.6 Å². The zero-order valence-electron chi connectivity index (χ0n) is 24.7. The molecule has 0 aliphatic carbocycles.